The van der Waals surface area contributed by atoms with E-state index < -0.39 is 10.0 Å². The lowest BCUT2D eigenvalue weighted by molar-refractivity contribution is 0.340. The minimum absolute atomic E-state index is 0.0285. The molecule has 0 aliphatic carbocycles. The molecule has 1 aliphatic heterocycles. The number of piperazine rings is 1. The van der Waals surface area contributed by atoms with Crippen LogP contribution < -0.4 is 9.64 Å². The van der Waals surface area contributed by atoms with E-state index in [1.54, 1.807) is 6.08 Å². The number of nitrogens with zero attached hydrogens (tertiary/aromatic N) is 4. The molecule has 0 atom stereocenters. The summed E-state index contributed by atoms with van der Waals surface area (Å²) in [4.78, 5) is 6.04. The molecule has 0 saturated carbocycles. The van der Waals surface area contributed by atoms with Crippen molar-refractivity contribution in [3.05, 3.63) is 69.7 Å². The molecule has 2 heterocycles. The summed E-state index contributed by atoms with van der Waals surface area (Å²) in [6.45, 7) is 3.54. The van der Waals surface area contributed by atoms with Crippen molar-refractivity contribution in [1.82, 2.24) is 9.29 Å². The van der Waals surface area contributed by atoms with Gasteiger partial charge in [0.2, 0.25) is 27.5 Å². The third kappa shape index (κ3) is 5.63. The highest BCUT2D eigenvalue weighted by Gasteiger charge is 2.32. The number of rotatable bonds is 7. The number of anilines is 1. The van der Waals surface area contributed by atoms with Crippen LogP contribution in [0.1, 0.15) is 24.1 Å². The zero-order chi connectivity index (χ0) is 25.0. The Bertz CT molecular complexity index is 1370. The number of nitriles is 1. The number of hydrogen-bond acceptors (Lipinski definition) is 7. The summed E-state index contributed by atoms with van der Waals surface area (Å²) in [5, 5.41) is 9.95. The van der Waals surface area contributed by atoms with Gasteiger partial charge in [0.05, 0.1) is 11.6 Å². The highest BCUT2D eigenvalue weighted by molar-refractivity contribution is 7.89. The molecule has 0 unspecified atom stereocenters. The van der Waals surface area contributed by atoms with Gasteiger partial charge in [-0.2, -0.15) is 14.6 Å². The van der Waals surface area contributed by atoms with Crippen LogP contribution in [0.5, 0.6) is 5.75 Å². The van der Waals surface area contributed by atoms with Crippen LogP contribution >= 0.6 is 23.2 Å². The molecule has 1 aliphatic rings. The average molecular weight is 533 g/mol. The first-order valence-electron chi connectivity index (χ1n) is 10.8. The fraction of sp³-hybridized carbons (Fsp3) is 0.250. The molecule has 1 aromatic heterocycles. The maximum absolute atomic E-state index is 13.1. The molecule has 3 aromatic rings. The number of hydrogen-bond donors (Lipinski definition) is 0. The second-order valence-electron chi connectivity index (χ2n) is 7.62. The Morgan fingerprint density at radius 3 is 2.49 bits per heavy atom. The first kappa shape index (κ1) is 25.1. The van der Waals surface area contributed by atoms with Crippen molar-refractivity contribution < 1.29 is 17.6 Å². The molecule has 8 nitrogen and oxygen atoms in total. The molecule has 0 radical (unpaired) electrons. The Balaban J connectivity index is 1.46. The summed E-state index contributed by atoms with van der Waals surface area (Å²) in [7, 11) is -3.82. The predicted octanol–water partition coefficient (Wildman–Crippen LogP) is 4.93. The fourth-order valence-corrected chi connectivity index (χ4v) is 5.80. The summed E-state index contributed by atoms with van der Waals surface area (Å²) in [6.07, 6.45) is 3.51. The summed E-state index contributed by atoms with van der Waals surface area (Å²) < 4.78 is 38.8. The van der Waals surface area contributed by atoms with Crippen LogP contribution in [0.2, 0.25) is 10.0 Å². The van der Waals surface area contributed by atoms with Crippen molar-refractivity contribution >= 4 is 51.3 Å². The summed E-state index contributed by atoms with van der Waals surface area (Å²) >= 11 is 12.1. The van der Waals surface area contributed by atoms with Crippen LogP contribution in [0.4, 0.5) is 5.88 Å². The number of oxazole rings is 1. The summed E-state index contributed by atoms with van der Waals surface area (Å²) in [6, 6.07) is 13.9. The van der Waals surface area contributed by atoms with Gasteiger partial charge in [-0.1, -0.05) is 35.3 Å². The van der Waals surface area contributed by atoms with Gasteiger partial charge in [0.1, 0.15) is 16.7 Å². The second kappa shape index (κ2) is 10.7. The van der Waals surface area contributed by atoms with Crippen molar-refractivity contribution in [3.8, 4) is 11.8 Å². The highest BCUT2D eigenvalue weighted by atomic mass is 35.5. The number of sulfonamides is 1. The maximum atomic E-state index is 13.1. The van der Waals surface area contributed by atoms with Crippen LogP contribution in [-0.2, 0) is 10.0 Å². The molecule has 0 spiro atoms. The minimum atomic E-state index is -3.82. The molecule has 0 N–H and O–H groups in total. The van der Waals surface area contributed by atoms with Gasteiger partial charge in [0, 0.05) is 37.3 Å². The van der Waals surface area contributed by atoms with Gasteiger partial charge < -0.3 is 14.1 Å². The van der Waals surface area contributed by atoms with E-state index in [0.717, 1.165) is 11.3 Å². The maximum Gasteiger partial charge on any atom is 0.244 e. The number of aromatic nitrogens is 1. The first-order valence-corrected chi connectivity index (χ1v) is 13.0. The number of benzene rings is 2. The highest BCUT2D eigenvalue weighted by Crippen LogP contribution is 2.30. The molecule has 35 heavy (non-hydrogen) atoms. The largest absolute Gasteiger partial charge is 0.494 e. The van der Waals surface area contributed by atoms with Crippen LogP contribution in [0.3, 0.4) is 0 Å². The monoisotopic (exact) mass is 532 g/mol. The van der Waals surface area contributed by atoms with Crippen LogP contribution in [-0.4, -0.2) is 50.5 Å². The Kier molecular flexibility index (Phi) is 7.67. The van der Waals surface area contributed by atoms with Crippen molar-refractivity contribution in [2.24, 2.45) is 0 Å². The van der Waals surface area contributed by atoms with Crippen LogP contribution in [0.15, 0.2) is 51.8 Å². The predicted molar refractivity (Wildman–Crippen MR) is 135 cm³/mol. The van der Waals surface area contributed by atoms with E-state index in [1.807, 2.05) is 42.2 Å². The van der Waals surface area contributed by atoms with Gasteiger partial charge in [0.25, 0.3) is 0 Å². The molecule has 0 amide bonds. The van der Waals surface area contributed by atoms with Crippen molar-refractivity contribution in [2.75, 3.05) is 37.7 Å². The lowest BCUT2D eigenvalue weighted by Gasteiger charge is -2.33. The van der Waals surface area contributed by atoms with Crippen LogP contribution in [0, 0.1) is 11.3 Å². The van der Waals surface area contributed by atoms with Crippen molar-refractivity contribution in [1.29, 1.82) is 5.26 Å². The molecule has 4 rings (SSSR count). The fourth-order valence-electron chi connectivity index (χ4n) is 3.64. The Morgan fingerprint density at radius 2 is 1.83 bits per heavy atom. The lowest BCUT2D eigenvalue weighted by atomic mass is 10.2. The van der Waals surface area contributed by atoms with E-state index in [0.29, 0.717) is 25.6 Å². The summed E-state index contributed by atoms with van der Waals surface area (Å²) in [5.41, 5.74) is 1.07. The SMILES string of the molecule is CCOc1ccc(/C=C/c2nc(C#N)c(N3CCN(S(=O)(=O)c4cc(Cl)ccc4Cl)CC3)o2)cc1. The molecular weight excluding hydrogens is 511 g/mol. The van der Waals surface area contributed by atoms with E-state index in [4.69, 9.17) is 32.4 Å². The Morgan fingerprint density at radius 1 is 1.11 bits per heavy atom. The summed E-state index contributed by atoms with van der Waals surface area (Å²) in [5.74, 6) is 1.39. The Labute approximate surface area is 214 Å². The third-order valence-corrected chi connectivity index (χ3v) is 7.99. The van der Waals surface area contributed by atoms with Gasteiger partial charge in [-0.05, 0) is 48.9 Å². The van der Waals surface area contributed by atoms with E-state index in [2.05, 4.69) is 11.1 Å². The quantitative estimate of drug-likeness (QED) is 0.425. The van der Waals surface area contributed by atoms with Gasteiger partial charge in [-0.3, -0.25) is 0 Å². The normalized spacial score (nSPS) is 14.9. The molecular formula is C24H22Cl2N4O4S. The van der Waals surface area contributed by atoms with E-state index in [9.17, 15) is 13.7 Å². The second-order valence-corrected chi connectivity index (χ2v) is 10.4. The van der Waals surface area contributed by atoms with Gasteiger partial charge in [-0.15, -0.1) is 0 Å². The number of halogens is 2. The van der Waals surface area contributed by atoms with Gasteiger partial charge in [0.15, 0.2) is 0 Å². The number of ether oxygens (including phenoxy) is 1. The standard InChI is InChI=1S/C24H22Cl2N4O4S/c1-2-33-19-7-3-17(4-8-19)5-10-23-28-21(16-27)24(34-23)29-11-13-30(14-12-29)35(31,32)22-15-18(25)6-9-20(22)26/h3-10,15H,2,11-14H2,1H3/b10-5+. The van der Waals surface area contributed by atoms with Crippen molar-refractivity contribution in [2.45, 2.75) is 11.8 Å². The zero-order valence-corrected chi connectivity index (χ0v) is 21.1. The molecule has 1 fully saturated rings. The van der Waals surface area contributed by atoms with Gasteiger partial charge >= 0.3 is 0 Å². The molecule has 11 heteroatoms. The van der Waals surface area contributed by atoms with E-state index in [1.165, 1.54) is 22.5 Å². The molecule has 0 bridgehead atoms. The van der Waals surface area contributed by atoms with Crippen LogP contribution in [0.25, 0.3) is 12.2 Å². The Hall–Kier alpha value is -3.03. The molecule has 2 aromatic carbocycles. The lowest BCUT2D eigenvalue weighted by Crippen LogP contribution is -2.48. The minimum Gasteiger partial charge on any atom is -0.494 e. The smallest absolute Gasteiger partial charge is 0.244 e. The van der Waals surface area contributed by atoms with E-state index >= 15 is 0 Å². The van der Waals surface area contributed by atoms with Gasteiger partial charge in [-0.25, -0.2) is 8.42 Å². The first-order chi connectivity index (χ1) is 16.8. The average Bonchev–Trinajstić information content (AvgIpc) is 3.29. The van der Waals surface area contributed by atoms with E-state index in [-0.39, 0.29) is 39.6 Å². The molecule has 182 valence electrons. The van der Waals surface area contributed by atoms with Crippen molar-refractivity contribution in [3.63, 3.8) is 0 Å². The zero-order valence-electron chi connectivity index (χ0n) is 18.8. The topological polar surface area (TPSA) is 99.7 Å². The third-order valence-electron chi connectivity index (χ3n) is 5.38. The molecule has 1 saturated heterocycles.